The van der Waals surface area contributed by atoms with Gasteiger partial charge in [-0.25, -0.2) is 4.39 Å². The summed E-state index contributed by atoms with van der Waals surface area (Å²) in [6.45, 7) is 10.1. The Hall–Kier alpha value is -3.21. The van der Waals surface area contributed by atoms with Gasteiger partial charge in [0.25, 0.3) is 11.8 Å². The minimum absolute atomic E-state index is 0.0109. The predicted molar refractivity (Wildman–Crippen MR) is 109 cm³/mol. The van der Waals surface area contributed by atoms with Crippen LogP contribution in [0, 0.1) is 5.82 Å². The van der Waals surface area contributed by atoms with E-state index in [1.54, 1.807) is 0 Å². The number of nitrogens with zero attached hydrogens (tertiary/aromatic N) is 1. The normalized spacial score (nSPS) is 14.6. The van der Waals surface area contributed by atoms with Crippen LogP contribution in [-0.4, -0.2) is 23.3 Å². The molecule has 0 unspecified atom stereocenters. The summed E-state index contributed by atoms with van der Waals surface area (Å²) < 4.78 is 13.3. The van der Waals surface area contributed by atoms with E-state index in [4.69, 9.17) is 0 Å². The number of carbonyl (C=O) groups excluding carboxylic acids is 2. The van der Waals surface area contributed by atoms with Gasteiger partial charge in [-0.2, -0.15) is 0 Å². The number of carbonyl (C=O) groups is 2. The fourth-order valence-corrected chi connectivity index (χ4v) is 3.07. The second kappa shape index (κ2) is 7.43. The van der Waals surface area contributed by atoms with E-state index in [9.17, 15) is 14.0 Å². The molecular formula is C23H23FN2O2. The SMILES string of the molecule is C=CCN1C(=O)C(Nc2ccc(C(C)(C)C)cc2)=C(c2ccc(F)cc2)C1=O. The Morgan fingerprint density at radius 1 is 1.00 bits per heavy atom. The molecule has 0 fully saturated rings. The number of nitrogens with one attached hydrogen (secondary N) is 1. The Morgan fingerprint density at radius 2 is 1.61 bits per heavy atom. The first kappa shape index (κ1) is 19.5. The van der Waals surface area contributed by atoms with Crippen LogP contribution in [0.15, 0.2) is 66.9 Å². The van der Waals surface area contributed by atoms with E-state index in [0.29, 0.717) is 11.3 Å². The molecule has 1 heterocycles. The lowest BCUT2D eigenvalue weighted by Crippen LogP contribution is -2.32. The molecule has 1 aliphatic heterocycles. The molecule has 1 aliphatic rings. The summed E-state index contributed by atoms with van der Waals surface area (Å²) in [6.07, 6.45) is 1.50. The molecule has 0 aliphatic carbocycles. The van der Waals surface area contributed by atoms with Crippen LogP contribution in [0.4, 0.5) is 10.1 Å². The second-order valence-corrected chi connectivity index (χ2v) is 7.72. The average Bonchev–Trinajstić information content (AvgIpc) is 2.87. The van der Waals surface area contributed by atoms with E-state index in [1.807, 2.05) is 24.3 Å². The molecule has 0 spiro atoms. The summed E-state index contributed by atoms with van der Waals surface area (Å²) in [6, 6.07) is 13.3. The molecule has 144 valence electrons. The number of rotatable bonds is 5. The van der Waals surface area contributed by atoms with Gasteiger partial charge < -0.3 is 5.32 Å². The van der Waals surface area contributed by atoms with E-state index >= 15 is 0 Å². The maximum atomic E-state index is 13.3. The smallest absolute Gasteiger partial charge is 0.278 e. The molecule has 3 rings (SSSR count). The Morgan fingerprint density at radius 3 is 2.14 bits per heavy atom. The van der Waals surface area contributed by atoms with Gasteiger partial charge in [0, 0.05) is 12.2 Å². The Kier molecular flexibility index (Phi) is 5.18. The number of amides is 2. The summed E-state index contributed by atoms with van der Waals surface area (Å²) >= 11 is 0. The van der Waals surface area contributed by atoms with Crippen molar-refractivity contribution in [1.29, 1.82) is 0 Å². The van der Waals surface area contributed by atoms with Crippen LogP contribution in [0.5, 0.6) is 0 Å². The third-order valence-corrected chi connectivity index (χ3v) is 4.63. The number of halogens is 1. The number of hydrogen-bond donors (Lipinski definition) is 1. The lowest BCUT2D eigenvalue weighted by atomic mass is 9.87. The Labute approximate surface area is 164 Å². The van der Waals surface area contributed by atoms with E-state index in [0.717, 1.165) is 10.5 Å². The molecule has 0 atom stereocenters. The van der Waals surface area contributed by atoms with Gasteiger partial charge in [0.1, 0.15) is 11.5 Å². The highest BCUT2D eigenvalue weighted by Crippen LogP contribution is 2.31. The maximum Gasteiger partial charge on any atom is 0.278 e. The van der Waals surface area contributed by atoms with Crippen molar-refractivity contribution >= 4 is 23.1 Å². The summed E-state index contributed by atoms with van der Waals surface area (Å²) in [5.74, 6) is -1.26. The van der Waals surface area contributed by atoms with Gasteiger partial charge in [-0.15, -0.1) is 6.58 Å². The minimum atomic E-state index is -0.427. The van der Waals surface area contributed by atoms with Gasteiger partial charge >= 0.3 is 0 Å². The van der Waals surface area contributed by atoms with Crippen molar-refractivity contribution in [3.8, 4) is 0 Å². The van der Waals surface area contributed by atoms with Crippen LogP contribution in [0.25, 0.3) is 5.57 Å². The van der Waals surface area contributed by atoms with Crippen molar-refractivity contribution in [3.05, 3.63) is 83.8 Å². The van der Waals surface area contributed by atoms with Gasteiger partial charge in [0.15, 0.2) is 0 Å². The van der Waals surface area contributed by atoms with Crippen molar-refractivity contribution in [2.45, 2.75) is 26.2 Å². The zero-order chi connectivity index (χ0) is 20.5. The highest BCUT2D eigenvalue weighted by Gasteiger charge is 2.38. The van der Waals surface area contributed by atoms with Gasteiger partial charge in [-0.3, -0.25) is 14.5 Å². The zero-order valence-electron chi connectivity index (χ0n) is 16.3. The van der Waals surface area contributed by atoms with Crippen LogP contribution in [0.2, 0.25) is 0 Å². The Bertz CT molecular complexity index is 952. The van der Waals surface area contributed by atoms with Gasteiger partial charge in [-0.1, -0.05) is 51.1 Å². The van der Waals surface area contributed by atoms with Crippen molar-refractivity contribution in [1.82, 2.24) is 4.90 Å². The van der Waals surface area contributed by atoms with E-state index in [2.05, 4.69) is 32.7 Å². The summed E-state index contributed by atoms with van der Waals surface area (Å²) in [5, 5.41) is 3.09. The molecule has 28 heavy (non-hydrogen) atoms. The molecule has 0 bridgehead atoms. The van der Waals surface area contributed by atoms with Crippen LogP contribution in [0.1, 0.15) is 31.9 Å². The second-order valence-electron chi connectivity index (χ2n) is 7.72. The summed E-state index contributed by atoms with van der Waals surface area (Å²) in [7, 11) is 0. The highest BCUT2D eigenvalue weighted by atomic mass is 19.1. The monoisotopic (exact) mass is 378 g/mol. The predicted octanol–water partition coefficient (Wildman–Crippen LogP) is 4.50. The molecule has 2 aromatic carbocycles. The van der Waals surface area contributed by atoms with Crippen molar-refractivity contribution < 1.29 is 14.0 Å². The first-order valence-electron chi connectivity index (χ1n) is 9.07. The van der Waals surface area contributed by atoms with Crippen LogP contribution < -0.4 is 5.32 Å². The van der Waals surface area contributed by atoms with Gasteiger partial charge in [-0.05, 0) is 40.8 Å². The number of hydrogen-bond acceptors (Lipinski definition) is 3. The third kappa shape index (κ3) is 3.74. The number of anilines is 1. The zero-order valence-corrected chi connectivity index (χ0v) is 16.3. The first-order valence-corrected chi connectivity index (χ1v) is 9.07. The van der Waals surface area contributed by atoms with Gasteiger partial charge in [0.05, 0.1) is 5.57 Å². The molecule has 5 heteroatoms. The van der Waals surface area contributed by atoms with Crippen LogP contribution >= 0.6 is 0 Å². The number of imide groups is 1. The first-order chi connectivity index (χ1) is 13.2. The minimum Gasteiger partial charge on any atom is -0.350 e. The lowest BCUT2D eigenvalue weighted by molar-refractivity contribution is -0.136. The molecule has 2 amide bonds. The maximum absolute atomic E-state index is 13.3. The Balaban J connectivity index is 2.02. The van der Waals surface area contributed by atoms with Crippen LogP contribution in [-0.2, 0) is 15.0 Å². The molecule has 0 radical (unpaired) electrons. The fraction of sp³-hybridized carbons (Fsp3) is 0.217. The topological polar surface area (TPSA) is 49.4 Å². The molecule has 0 saturated carbocycles. The fourth-order valence-electron chi connectivity index (χ4n) is 3.07. The van der Waals surface area contributed by atoms with Gasteiger partial charge in [0.2, 0.25) is 0 Å². The van der Waals surface area contributed by atoms with E-state index < -0.39 is 17.6 Å². The third-order valence-electron chi connectivity index (χ3n) is 4.63. The van der Waals surface area contributed by atoms with Crippen molar-refractivity contribution in [2.24, 2.45) is 0 Å². The van der Waals surface area contributed by atoms with Crippen molar-refractivity contribution in [3.63, 3.8) is 0 Å². The molecule has 0 aromatic heterocycles. The molecule has 4 nitrogen and oxygen atoms in total. The van der Waals surface area contributed by atoms with Crippen molar-refractivity contribution in [2.75, 3.05) is 11.9 Å². The highest BCUT2D eigenvalue weighted by molar-refractivity contribution is 6.36. The number of benzene rings is 2. The summed E-state index contributed by atoms with van der Waals surface area (Å²) in [5.41, 5.74) is 2.77. The lowest BCUT2D eigenvalue weighted by Gasteiger charge is -2.19. The van der Waals surface area contributed by atoms with E-state index in [-0.39, 0.29) is 23.2 Å². The summed E-state index contributed by atoms with van der Waals surface area (Å²) in [4.78, 5) is 26.8. The largest absolute Gasteiger partial charge is 0.350 e. The molecule has 2 aromatic rings. The molecule has 1 N–H and O–H groups in total. The van der Waals surface area contributed by atoms with Crippen LogP contribution in [0.3, 0.4) is 0 Å². The standard InChI is InChI=1S/C23H23FN2O2/c1-5-14-26-21(27)19(15-6-10-17(24)11-7-15)20(22(26)28)25-18-12-8-16(9-13-18)23(2,3)4/h5-13,25H,1,14H2,2-4H3. The average molecular weight is 378 g/mol. The van der Waals surface area contributed by atoms with E-state index in [1.165, 1.54) is 30.3 Å². The quantitative estimate of drug-likeness (QED) is 0.616. The molecule has 0 saturated heterocycles. The molecular weight excluding hydrogens is 355 g/mol.